The predicted octanol–water partition coefficient (Wildman–Crippen LogP) is 6.61. The molecule has 0 bridgehead atoms. The fourth-order valence-corrected chi connectivity index (χ4v) is 3.88. The average molecular weight is 379 g/mol. The second kappa shape index (κ2) is 7.40. The second-order valence-corrected chi connectivity index (χ2v) is 7.33. The van der Waals surface area contributed by atoms with E-state index in [4.69, 9.17) is 16.0 Å². The lowest BCUT2D eigenvalue weighted by Gasteiger charge is -2.04. The average Bonchev–Trinajstić information content (AvgIpc) is 3.06. The lowest BCUT2D eigenvalue weighted by Crippen LogP contribution is -2.02. The molecular weight excluding hydrogens is 364 g/mol. The third kappa shape index (κ3) is 3.41. The minimum absolute atomic E-state index is 0.0893. The Balaban J connectivity index is 1.72. The lowest BCUT2D eigenvalue weighted by molar-refractivity contribution is 0.101. The molecule has 3 aromatic carbocycles. The van der Waals surface area contributed by atoms with Gasteiger partial charge in [0, 0.05) is 32.2 Å². The standard InChI is InChI=1S/C22H15ClO2S/c23-16-10-12-17(13-11-16)26-14-19-18-8-4-5-9-20(18)25-22(19)21(24)15-6-2-1-3-7-15/h1-13H,14H2. The Morgan fingerprint density at radius 3 is 2.35 bits per heavy atom. The van der Waals surface area contributed by atoms with Gasteiger partial charge in [0.25, 0.3) is 0 Å². The molecule has 4 heteroatoms. The molecule has 0 spiro atoms. The van der Waals surface area contributed by atoms with Crippen molar-refractivity contribution in [3.63, 3.8) is 0 Å². The maximum Gasteiger partial charge on any atom is 0.228 e. The number of thioether (sulfide) groups is 1. The highest BCUT2D eigenvalue weighted by Gasteiger charge is 2.21. The molecule has 0 aliphatic heterocycles. The molecule has 0 unspecified atom stereocenters. The first-order valence-corrected chi connectivity index (χ1v) is 9.57. The fourth-order valence-electron chi connectivity index (χ4n) is 2.83. The smallest absolute Gasteiger partial charge is 0.228 e. The van der Waals surface area contributed by atoms with E-state index in [1.165, 1.54) is 0 Å². The third-order valence-electron chi connectivity index (χ3n) is 4.14. The molecule has 4 rings (SSSR count). The number of carbonyl (C=O) groups excluding carboxylic acids is 1. The number of rotatable bonds is 5. The van der Waals surface area contributed by atoms with Crippen molar-refractivity contribution < 1.29 is 9.21 Å². The number of benzene rings is 3. The van der Waals surface area contributed by atoms with E-state index in [-0.39, 0.29) is 5.78 Å². The van der Waals surface area contributed by atoms with Gasteiger partial charge in [-0.15, -0.1) is 11.8 Å². The summed E-state index contributed by atoms with van der Waals surface area (Å²) in [6.45, 7) is 0. The number of furan rings is 1. The highest BCUT2D eigenvalue weighted by atomic mass is 35.5. The van der Waals surface area contributed by atoms with Gasteiger partial charge >= 0.3 is 0 Å². The van der Waals surface area contributed by atoms with Gasteiger partial charge in [-0.25, -0.2) is 0 Å². The zero-order valence-electron chi connectivity index (χ0n) is 13.8. The maximum atomic E-state index is 13.0. The Labute approximate surface area is 160 Å². The van der Waals surface area contributed by atoms with Gasteiger partial charge in [0.1, 0.15) is 5.58 Å². The summed E-state index contributed by atoms with van der Waals surface area (Å²) < 4.78 is 5.94. The minimum Gasteiger partial charge on any atom is -0.452 e. The Morgan fingerprint density at radius 2 is 1.58 bits per heavy atom. The van der Waals surface area contributed by atoms with E-state index in [0.717, 1.165) is 21.4 Å². The molecule has 0 atom stereocenters. The summed E-state index contributed by atoms with van der Waals surface area (Å²) in [5.41, 5.74) is 2.29. The van der Waals surface area contributed by atoms with E-state index in [1.807, 2.05) is 78.9 Å². The highest BCUT2D eigenvalue weighted by molar-refractivity contribution is 7.98. The Hall–Kier alpha value is -2.49. The van der Waals surface area contributed by atoms with Crippen LogP contribution in [0.5, 0.6) is 0 Å². The van der Waals surface area contributed by atoms with E-state index in [2.05, 4.69) is 0 Å². The summed E-state index contributed by atoms with van der Waals surface area (Å²) in [4.78, 5) is 14.1. The Kier molecular flexibility index (Phi) is 4.83. The van der Waals surface area contributed by atoms with Crippen LogP contribution in [0.4, 0.5) is 0 Å². The summed E-state index contributed by atoms with van der Waals surface area (Å²) in [6.07, 6.45) is 0. The van der Waals surface area contributed by atoms with E-state index >= 15 is 0 Å². The maximum absolute atomic E-state index is 13.0. The van der Waals surface area contributed by atoms with Crippen molar-refractivity contribution in [3.05, 3.63) is 101 Å². The predicted molar refractivity (Wildman–Crippen MR) is 107 cm³/mol. The van der Waals surface area contributed by atoms with E-state index in [1.54, 1.807) is 11.8 Å². The number of halogens is 1. The molecule has 0 aliphatic carbocycles. The van der Waals surface area contributed by atoms with Crippen LogP contribution in [0.3, 0.4) is 0 Å². The van der Waals surface area contributed by atoms with Crippen molar-refractivity contribution in [2.24, 2.45) is 0 Å². The molecule has 1 aromatic heterocycles. The number of ketones is 1. The van der Waals surface area contributed by atoms with Crippen molar-refractivity contribution >= 4 is 40.1 Å². The van der Waals surface area contributed by atoms with Gasteiger partial charge in [-0.2, -0.15) is 0 Å². The van der Waals surface area contributed by atoms with Crippen molar-refractivity contribution in [1.82, 2.24) is 0 Å². The van der Waals surface area contributed by atoms with Crippen molar-refractivity contribution in [1.29, 1.82) is 0 Å². The zero-order valence-corrected chi connectivity index (χ0v) is 15.4. The number of para-hydroxylation sites is 1. The second-order valence-electron chi connectivity index (χ2n) is 5.84. The summed E-state index contributed by atoms with van der Waals surface area (Å²) in [6, 6.07) is 24.7. The van der Waals surface area contributed by atoms with Crippen molar-refractivity contribution in [2.75, 3.05) is 0 Å². The van der Waals surface area contributed by atoms with Crippen LogP contribution < -0.4 is 0 Å². The molecule has 0 N–H and O–H groups in total. The first-order valence-electron chi connectivity index (χ1n) is 8.21. The van der Waals surface area contributed by atoms with Crippen LogP contribution >= 0.6 is 23.4 Å². The Bertz CT molecular complexity index is 1050. The third-order valence-corrected chi connectivity index (χ3v) is 5.43. The molecule has 1 heterocycles. The number of carbonyl (C=O) groups is 1. The quantitative estimate of drug-likeness (QED) is 0.289. The normalized spacial score (nSPS) is 11.0. The summed E-state index contributed by atoms with van der Waals surface area (Å²) in [7, 11) is 0. The van der Waals surface area contributed by atoms with Gasteiger partial charge < -0.3 is 4.42 Å². The largest absolute Gasteiger partial charge is 0.452 e. The van der Waals surface area contributed by atoms with E-state index < -0.39 is 0 Å². The summed E-state index contributed by atoms with van der Waals surface area (Å²) >= 11 is 7.61. The molecule has 2 nitrogen and oxygen atoms in total. The van der Waals surface area contributed by atoms with E-state index in [9.17, 15) is 4.79 Å². The lowest BCUT2D eigenvalue weighted by atomic mass is 10.0. The highest BCUT2D eigenvalue weighted by Crippen LogP contribution is 2.33. The van der Waals surface area contributed by atoms with Gasteiger partial charge in [-0.05, 0) is 30.3 Å². The first kappa shape index (κ1) is 17.0. The molecule has 0 aliphatic rings. The zero-order chi connectivity index (χ0) is 17.9. The van der Waals surface area contributed by atoms with Gasteiger partial charge in [0.2, 0.25) is 5.78 Å². The van der Waals surface area contributed by atoms with Crippen LogP contribution in [0, 0.1) is 0 Å². The molecular formula is C22H15ClO2S. The monoisotopic (exact) mass is 378 g/mol. The van der Waals surface area contributed by atoms with Gasteiger partial charge in [-0.3, -0.25) is 4.79 Å². The van der Waals surface area contributed by atoms with Crippen LogP contribution in [-0.2, 0) is 5.75 Å². The van der Waals surface area contributed by atoms with Crippen LogP contribution in [0.2, 0.25) is 5.02 Å². The Morgan fingerprint density at radius 1 is 0.885 bits per heavy atom. The van der Waals surface area contributed by atoms with Crippen molar-refractivity contribution in [3.8, 4) is 0 Å². The van der Waals surface area contributed by atoms with Gasteiger partial charge in [0.05, 0.1) is 0 Å². The van der Waals surface area contributed by atoms with Crippen LogP contribution in [0.1, 0.15) is 21.7 Å². The fraction of sp³-hybridized carbons (Fsp3) is 0.0455. The number of hydrogen-bond acceptors (Lipinski definition) is 3. The number of hydrogen-bond donors (Lipinski definition) is 0. The summed E-state index contributed by atoms with van der Waals surface area (Å²) in [5, 5.41) is 1.69. The van der Waals surface area contributed by atoms with Crippen LogP contribution in [0.25, 0.3) is 11.0 Å². The SMILES string of the molecule is O=C(c1ccccc1)c1oc2ccccc2c1CSc1ccc(Cl)cc1. The van der Waals surface area contributed by atoms with Crippen molar-refractivity contribution in [2.45, 2.75) is 10.6 Å². The van der Waals surface area contributed by atoms with Crippen LogP contribution in [0.15, 0.2) is 88.2 Å². The topological polar surface area (TPSA) is 30.2 Å². The molecule has 128 valence electrons. The minimum atomic E-state index is -0.0893. The summed E-state index contributed by atoms with van der Waals surface area (Å²) in [5.74, 6) is 0.972. The van der Waals surface area contributed by atoms with Crippen LogP contribution in [-0.4, -0.2) is 5.78 Å². The first-order chi connectivity index (χ1) is 12.7. The van der Waals surface area contributed by atoms with Gasteiger partial charge in [0.15, 0.2) is 5.76 Å². The van der Waals surface area contributed by atoms with E-state index in [0.29, 0.717) is 22.1 Å². The molecule has 26 heavy (non-hydrogen) atoms. The molecule has 0 radical (unpaired) electrons. The molecule has 4 aromatic rings. The van der Waals surface area contributed by atoms with Gasteiger partial charge in [-0.1, -0.05) is 60.1 Å². The molecule has 0 saturated heterocycles. The molecule has 0 amide bonds. The number of fused-ring (bicyclic) bond motifs is 1. The molecule has 0 saturated carbocycles. The molecule has 0 fully saturated rings.